The average molecular weight is 482 g/mol. The molecule has 0 saturated carbocycles. The van der Waals surface area contributed by atoms with Crippen LogP contribution in [0.4, 0.5) is 0 Å². The van der Waals surface area contributed by atoms with Crippen molar-refractivity contribution in [3.63, 3.8) is 0 Å². The lowest BCUT2D eigenvalue weighted by molar-refractivity contribution is -0.118. The molecule has 0 radical (unpaired) electrons. The minimum atomic E-state index is -1.22. The van der Waals surface area contributed by atoms with Crippen LogP contribution in [0.1, 0.15) is 37.7 Å². The van der Waals surface area contributed by atoms with Crippen molar-refractivity contribution in [2.24, 2.45) is 5.10 Å². The molecule has 0 spiro atoms. The maximum absolute atomic E-state index is 12.1. The molecular weight excluding hydrogens is 458 g/mol. The largest absolute Gasteiger partial charge is 0.497 e. The number of aromatic carboxylic acids is 2. The van der Waals surface area contributed by atoms with Gasteiger partial charge in [0, 0.05) is 27.5 Å². The lowest BCUT2D eigenvalue weighted by Gasteiger charge is -2.12. The highest BCUT2D eigenvalue weighted by Crippen LogP contribution is 2.23. The van der Waals surface area contributed by atoms with Gasteiger partial charge in [-0.25, -0.2) is 15.0 Å². The fraction of sp³-hybridized carbons (Fsp3) is 0.167. The maximum atomic E-state index is 12.1. The number of hydrazone groups is 1. The molecule has 3 rings (SSSR count). The second-order valence-corrected chi connectivity index (χ2v) is 8.35. The van der Waals surface area contributed by atoms with Crippen molar-refractivity contribution in [1.82, 2.24) is 9.99 Å². The van der Waals surface area contributed by atoms with E-state index in [2.05, 4.69) is 10.5 Å². The van der Waals surface area contributed by atoms with E-state index in [-0.39, 0.29) is 22.8 Å². The van der Waals surface area contributed by atoms with E-state index in [0.717, 1.165) is 22.4 Å². The van der Waals surface area contributed by atoms with E-state index in [1.54, 1.807) is 18.6 Å². The average Bonchev–Trinajstić information content (AvgIpc) is 3.10. The number of amides is 1. The van der Waals surface area contributed by atoms with Crippen molar-refractivity contribution in [3.8, 4) is 11.4 Å². The number of nitrogens with one attached hydrogen (secondary N) is 1. The smallest absolute Gasteiger partial charge is 0.335 e. The minimum Gasteiger partial charge on any atom is -0.497 e. The van der Waals surface area contributed by atoms with Gasteiger partial charge in [0.2, 0.25) is 5.91 Å². The molecule has 1 heterocycles. The summed E-state index contributed by atoms with van der Waals surface area (Å²) in [7, 11) is 1.59. The molecule has 34 heavy (non-hydrogen) atoms. The zero-order chi connectivity index (χ0) is 24.8. The van der Waals surface area contributed by atoms with Crippen LogP contribution in [0.2, 0.25) is 0 Å². The Hall–Kier alpha value is -4.05. The van der Waals surface area contributed by atoms with Crippen LogP contribution in [0.5, 0.6) is 5.75 Å². The zero-order valence-electron chi connectivity index (χ0n) is 18.7. The van der Waals surface area contributed by atoms with Crippen molar-refractivity contribution >= 4 is 35.8 Å². The third kappa shape index (κ3) is 5.84. The molecule has 0 bridgehead atoms. The van der Waals surface area contributed by atoms with Gasteiger partial charge in [0.05, 0.1) is 30.2 Å². The van der Waals surface area contributed by atoms with E-state index >= 15 is 0 Å². The molecule has 0 fully saturated rings. The van der Waals surface area contributed by atoms with Crippen molar-refractivity contribution in [2.45, 2.75) is 18.7 Å². The molecule has 1 amide bonds. The molecule has 0 saturated heterocycles. The van der Waals surface area contributed by atoms with Gasteiger partial charge in [0.1, 0.15) is 5.75 Å². The monoisotopic (exact) mass is 481 g/mol. The van der Waals surface area contributed by atoms with E-state index < -0.39 is 11.9 Å². The van der Waals surface area contributed by atoms with Crippen molar-refractivity contribution in [2.75, 3.05) is 12.9 Å². The third-order valence-corrected chi connectivity index (χ3v) is 5.97. The summed E-state index contributed by atoms with van der Waals surface area (Å²) in [5, 5.41) is 22.7. The number of hydrogen-bond donors (Lipinski definition) is 3. The molecule has 0 atom stereocenters. The Morgan fingerprint density at radius 3 is 2.21 bits per heavy atom. The van der Waals surface area contributed by atoms with Crippen LogP contribution in [0.15, 0.2) is 58.5 Å². The molecule has 0 aliphatic rings. The molecule has 10 heteroatoms. The highest BCUT2D eigenvalue weighted by Gasteiger charge is 2.16. The third-order valence-electron chi connectivity index (χ3n) is 4.96. The van der Waals surface area contributed by atoms with Gasteiger partial charge >= 0.3 is 11.9 Å². The summed E-state index contributed by atoms with van der Waals surface area (Å²) in [4.78, 5) is 35.9. The summed E-state index contributed by atoms with van der Waals surface area (Å²) in [5.74, 6) is -1.79. The molecule has 3 aromatic rings. The van der Waals surface area contributed by atoms with E-state index in [9.17, 15) is 24.6 Å². The van der Waals surface area contributed by atoms with Crippen LogP contribution in [-0.2, 0) is 4.79 Å². The summed E-state index contributed by atoms with van der Waals surface area (Å²) in [6.07, 6.45) is 1.49. The van der Waals surface area contributed by atoms with Gasteiger partial charge < -0.3 is 19.5 Å². The molecule has 0 aliphatic carbocycles. The number of rotatable bonds is 9. The molecule has 9 nitrogen and oxygen atoms in total. The Kier molecular flexibility index (Phi) is 7.75. The van der Waals surface area contributed by atoms with Crippen LogP contribution in [0.3, 0.4) is 0 Å². The van der Waals surface area contributed by atoms with E-state index in [1.807, 2.05) is 37.3 Å². The first-order valence-electron chi connectivity index (χ1n) is 10.1. The Morgan fingerprint density at radius 1 is 1.03 bits per heavy atom. The maximum Gasteiger partial charge on any atom is 0.335 e. The normalized spacial score (nSPS) is 10.9. The summed E-state index contributed by atoms with van der Waals surface area (Å²) in [5.41, 5.74) is 4.80. The summed E-state index contributed by atoms with van der Waals surface area (Å²) < 4.78 is 6.85. The molecule has 1 aromatic heterocycles. The van der Waals surface area contributed by atoms with E-state index in [4.69, 9.17) is 4.74 Å². The fourth-order valence-electron chi connectivity index (χ4n) is 3.33. The Labute approximate surface area is 200 Å². The van der Waals surface area contributed by atoms with Gasteiger partial charge in [-0.1, -0.05) is 0 Å². The first-order valence-corrected chi connectivity index (χ1v) is 11.1. The van der Waals surface area contributed by atoms with Gasteiger partial charge in [-0.3, -0.25) is 4.79 Å². The molecule has 3 N–H and O–H groups in total. The number of thioether (sulfide) groups is 1. The van der Waals surface area contributed by atoms with E-state index in [1.165, 1.54) is 30.1 Å². The highest BCUT2D eigenvalue weighted by molar-refractivity contribution is 8.00. The number of carboxylic acid groups (broad SMARTS) is 2. The number of aromatic nitrogens is 1. The van der Waals surface area contributed by atoms with Gasteiger partial charge in [0.25, 0.3) is 0 Å². The number of carbonyl (C=O) groups is 3. The van der Waals surface area contributed by atoms with Gasteiger partial charge in [-0.15, -0.1) is 11.8 Å². The number of nitrogens with zero attached hydrogens (tertiary/aromatic N) is 2. The molecule has 176 valence electrons. The van der Waals surface area contributed by atoms with Gasteiger partial charge in [0.15, 0.2) is 0 Å². The number of hydrogen-bond acceptors (Lipinski definition) is 6. The second-order valence-electron chi connectivity index (χ2n) is 7.30. The Balaban J connectivity index is 1.72. The van der Waals surface area contributed by atoms with Crippen molar-refractivity contribution in [1.29, 1.82) is 0 Å². The SMILES string of the molecule is COc1ccc(SCC(=O)N/N=C/c2cc(C)n(-c3cc(C(=O)O)cc(C(=O)O)c3)c2C)cc1. The van der Waals surface area contributed by atoms with Crippen LogP contribution in [-0.4, -0.2) is 51.7 Å². The molecule has 2 aromatic carbocycles. The van der Waals surface area contributed by atoms with Crippen LogP contribution < -0.4 is 10.2 Å². The minimum absolute atomic E-state index is 0.126. The fourth-order valence-corrected chi connectivity index (χ4v) is 4.02. The lowest BCUT2D eigenvalue weighted by atomic mass is 10.1. The van der Waals surface area contributed by atoms with Crippen LogP contribution in [0, 0.1) is 13.8 Å². The summed E-state index contributed by atoms with van der Waals surface area (Å²) >= 11 is 1.37. The molecule has 0 unspecified atom stereocenters. The number of carboxylic acids is 2. The number of benzene rings is 2. The van der Waals surface area contributed by atoms with Crippen molar-refractivity contribution < 1.29 is 29.3 Å². The summed E-state index contributed by atoms with van der Waals surface area (Å²) in [6, 6.07) is 13.1. The second kappa shape index (κ2) is 10.7. The lowest BCUT2D eigenvalue weighted by Crippen LogP contribution is -2.19. The first-order chi connectivity index (χ1) is 16.2. The quantitative estimate of drug-likeness (QED) is 0.241. The predicted octanol–water partition coefficient (Wildman–Crippen LogP) is 3.74. The first kappa shape index (κ1) is 24.6. The number of methoxy groups -OCH3 is 1. The Morgan fingerprint density at radius 2 is 1.65 bits per heavy atom. The molecule has 0 aliphatic heterocycles. The standard InChI is InChI=1S/C24H23N3O6S/c1-14-8-18(12-25-26-22(28)13-34-21-6-4-20(33-3)5-7-21)15(2)27(14)19-10-16(23(29)30)9-17(11-19)24(31)32/h4-12H,13H2,1-3H3,(H,26,28)(H,29,30)(H,31,32)/b25-12+. The van der Waals surface area contributed by atoms with Crippen LogP contribution in [0.25, 0.3) is 5.69 Å². The topological polar surface area (TPSA) is 130 Å². The summed E-state index contributed by atoms with van der Waals surface area (Å²) in [6.45, 7) is 3.60. The number of ether oxygens (including phenoxy) is 1. The number of aryl methyl sites for hydroxylation is 1. The van der Waals surface area contributed by atoms with Crippen molar-refractivity contribution in [3.05, 3.63) is 76.6 Å². The zero-order valence-corrected chi connectivity index (χ0v) is 19.5. The van der Waals surface area contributed by atoms with Crippen LogP contribution >= 0.6 is 11.8 Å². The number of carbonyl (C=O) groups excluding carboxylic acids is 1. The highest BCUT2D eigenvalue weighted by atomic mass is 32.2. The van der Waals surface area contributed by atoms with Gasteiger partial charge in [-0.2, -0.15) is 5.10 Å². The Bertz CT molecular complexity index is 1230. The van der Waals surface area contributed by atoms with E-state index in [0.29, 0.717) is 16.9 Å². The van der Waals surface area contributed by atoms with Gasteiger partial charge in [-0.05, 0) is 62.4 Å². The molecular formula is C24H23N3O6S. The predicted molar refractivity (Wildman–Crippen MR) is 129 cm³/mol.